The van der Waals surface area contributed by atoms with E-state index in [0.29, 0.717) is 0 Å². The van der Waals surface area contributed by atoms with Crippen molar-refractivity contribution in [3.05, 3.63) is 187 Å². The summed E-state index contributed by atoms with van der Waals surface area (Å²) in [6, 6.07) is 65.5. The largest absolute Gasteiger partial charge is 0.309 e. The zero-order valence-corrected chi connectivity index (χ0v) is 25.9. The lowest BCUT2D eigenvalue weighted by Gasteiger charge is -2.34. The van der Waals surface area contributed by atoms with E-state index in [4.69, 9.17) is 0 Å². The summed E-state index contributed by atoms with van der Waals surface area (Å²) in [5.41, 5.74) is 9.34. The highest BCUT2D eigenvalue weighted by Gasteiger charge is 2.41. The van der Waals surface area contributed by atoms with Crippen molar-refractivity contribution in [1.29, 1.82) is 0 Å². The van der Waals surface area contributed by atoms with E-state index >= 15 is 0 Å². The van der Waals surface area contributed by atoms with Crippen LogP contribution in [0.2, 0.25) is 0 Å². The van der Waals surface area contributed by atoms with E-state index in [2.05, 4.69) is 180 Å². The maximum Gasteiger partial charge on any atom is 0.179 e. The van der Waals surface area contributed by atoms with Crippen LogP contribution in [0.5, 0.6) is 0 Å². The molecule has 1 nitrogen and oxygen atoms in total. The maximum absolute atomic E-state index is 2.66. The van der Waals surface area contributed by atoms with Crippen molar-refractivity contribution < 1.29 is 0 Å². The van der Waals surface area contributed by atoms with Gasteiger partial charge in [0.1, 0.15) is 0 Å². The van der Waals surface area contributed by atoms with Gasteiger partial charge in [0.05, 0.1) is 11.0 Å². The topological polar surface area (TPSA) is 4.93 Å². The van der Waals surface area contributed by atoms with Gasteiger partial charge in [-0.3, -0.25) is 0 Å². The van der Waals surface area contributed by atoms with Crippen LogP contribution in [0.25, 0.3) is 38.6 Å². The van der Waals surface area contributed by atoms with Gasteiger partial charge in [0, 0.05) is 22.9 Å². The molecule has 2 heteroatoms. The predicted octanol–water partition coefficient (Wildman–Crippen LogP) is 7.73. The molecule has 0 aliphatic heterocycles. The summed E-state index contributed by atoms with van der Waals surface area (Å²) in [5, 5.41) is 8.21. The average molecular weight is 590 g/mol. The minimum atomic E-state index is -2.66. The first-order chi connectivity index (χ1) is 22.3. The molecule has 0 spiro atoms. The smallest absolute Gasteiger partial charge is 0.179 e. The summed E-state index contributed by atoms with van der Waals surface area (Å²) in [6.45, 7) is 0. The van der Waals surface area contributed by atoms with Gasteiger partial charge in [0.15, 0.2) is 8.07 Å². The standard InChI is InChI=1S/C43H31NSi/c1-5-16-32(17-6-1)44-42-28-25-36(30-40(42)39-27-26-38-37-24-14-13-15-31(37)29-41(38)43(39)44)45(33-18-7-2-8-19-33,34-20-9-3-10-21-34)35-22-11-4-12-23-35/h1-28,30H,29H2. The van der Waals surface area contributed by atoms with E-state index in [1.165, 1.54) is 70.5 Å². The molecule has 0 unspecified atom stereocenters. The number of fused-ring (bicyclic) bond motifs is 7. The molecule has 1 aliphatic rings. The summed E-state index contributed by atoms with van der Waals surface area (Å²) < 4.78 is 2.51. The molecule has 0 radical (unpaired) electrons. The second-order valence-corrected chi connectivity index (χ2v) is 15.9. The highest BCUT2D eigenvalue weighted by atomic mass is 28.3. The van der Waals surface area contributed by atoms with Crippen molar-refractivity contribution in [3.63, 3.8) is 0 Å². The van der Waals surface area contributed by atoms with Gasteiger partial charge < -0.3 is 4.57 Å². The van der Waals surface area contributed by atoms with Gasteiger partial charge in [-0.2, -0.15) is 0 Å². The van der Waals surface area contributed by atoms with Crippen molar-refractivity contribution in [2.24, 2.45) is 0 Å². The van der Waals surface area contributed by atoms with Gasteiger partial charge in [0.2, 0.25) is 0 Å². The molecule has 0 saturated carbocycles. The molecule has 9 rings (SSSR count). The number of nitrogens with zero attached hydrogens (tertiary/aromatic N) is 1. The van der Waals surface area contributed by atoms with Crippen LogP contribution in [-0.2, 0) is 6.42 Å². The number of aromatic nitrogens is 1. The lowest BCUT2D eigenvalue weighted by Crippen LogP contribution is -2.74. The molecule has 0 amide bonds. The molecule has 45 heavy (non-hydrogen) atoms. The maximum atomic E-state index is 2.53. The molecule has 0 atom stereocenters. The van der Waals surface area contributed by atoms with Crippen molar-refractivity contribution >= 4 is 50.6 Å². The summed E-state index contributed by atoms with van der Waals surface area (Å²) in [6.07, 6.45) is 0.954. The molecule has 0 bridgehead atoms. The first-order valence-electron chi connectivity index (χ1n) is 15.7. The third-order valence-corrected chi connectivity index (χ3v) is 14.6. The minimum absolute atomic E-state index is 0.954. The average Bonchev–Trinajstić information content (AvgIpc) is 3.66. The molecule has 212 valence electrons. The van der Waals surface area contributed by atoms with Crippen LogP contribution in [0.1, 0.15) is 11.1 Å². The van der Waals surface area contributed by atoms with Crippen LogP contribution in [0.15, 0.2) is 176 Å². The van der Waals surface area contributed by atoms with E-state index < -0.39 is 8.07 Å². The number of hydrogen-bond donors (Lipinski definition) is 0. The van der Waals surface area contributed by atoms with Crippen molar-refractivity contribution in [3.8, 4) is 16.8 Å². The lowest BCUT2D eigenvalue weighted by molar-refractivity contribution is 1.15. The first-order valence-corrected chi connectivity index (χ1v) is 17.7. The van der Waals surface area contributed by atoms with E-state index in [-0.39, 0.29) is 0 Å². The molecule has 1 heterocycles. The number of rotatable bonds is 5. The van der Waals surface area contributed by atoms with Crippen molar-refractivity contribution in [1.82, 2.24) is 4.57 Å². The van der Waals surface area contributed by atoms with Gasteiger partial charge >= 0.3 is 0 Å². The van der Waals surface area contributed by atoms with Gasteiger partial charge in [-0.1, -0.05) is 158 Å². The molecule has 0 saturated heterocycles. The predicted molar refractivity (Wildman–Crippen MR) is 193 cm³/mol. The van der Waals surface area contributed by atoms with E-state index in [0.717, 1.165) is 6.42 Å². The number of para-hydroxylation sites is 1. The van der Waals surface area contributed by atoms with E-state index in [9.17, 15) is 0 Å². The zero-order valence-electron chi connectivity index (χ0n) is 24.9. The summed E-state index contributed by atoms with van der Waals surface area (Å²) in [7, 11) is -2.66. The minimum Gasteiger partial charge on any atom is -0.309 e. The fourth-order valence-corrected chi connectivity index (χ4v) is 12.6. The quantitative estimate of drug-likeness (QED) is 0.143. The Hall–Kier alpha value is -5.44. The van der Waals surface area contributed by atoms with E-state index in [1.807, 2.05) is 0 Å². The van der Waals surface area contributed by atoms with E-state index in [1.54, 1.807) is 0 Å². The highest BCUT2D eigenvalue weighted by Crippen LogP contribution is 2.44. The third-order valence-electron chi connectivity index (χ3n) is 9.78. The first kappa shape index (κ1) is 26.0. The number of hydrogen-bond acceptors (Lipinski definition) is 0. The fourth-order valence-electron chi connectivity index (χ4n) is 7.88. The molecular formula is C43H31NSi. The van der Waals surface area contributed by atoms with Crippen molar-refractivity contribution in [2.45, 2.75) is 6.42 Å². The Kier molecular flexibility index (Phi) is 5.97. The fraction of sp³-hybridized carbons (Fsp3) is 0.0233. The lowest BCUT2D eigenvalue weighted by atomic mass is 10.0. The Morgan fingerprint density at radius 1 is 0.422 bits per heavy atom. The molecule has 8 aromatic rings. The second-order valence-electron chi connectivity index (χ2n) is 12.1. The molecular weight excluding hydrogens is 559 g/mol. The van der Waals surface area contributed by atoms with Gasteiger partial charge in [0.25, 0.3) is 0 Å². The second kappa shape index (κ2) is 10.3. The summed E-state index contributed by atoms with van der Waals surface area (Å²) in [4.78, 5) is 0. The Bertz CT molecular complexity index is 2230. The molecule has 0 fully saturated rings. The Morgan fingerprint density at radius 2 is 0.978 bits per heavy atom. The van der Waals surface area contributed by atoms with Gasteiger partial charge in [-0.25, -0.2) is 0 Å². The molecule has 7 aromatic carbocycles. The third kappa shape index (κ3) is 3.86. The summed E-state index contributed by atoms with van der Waals surface area (Å²) >= 11 is 0. The number of benzene rings is 7. The Morgan fingerprint density at radius 3 is 1.60 bits per heavy atom. The van der Waals surface area contributed by atoms with Crippen LogP contribution < -0.4 is 20.7 Å². The Balaban J connectivity index is 1.40. The van der Waals surface area contributed by atoms with Gasteiger partial charge in [-0.05, 0) is 61.2 Å². The molecule has 1 aliphatic carbocycles. The zero-order chi connectivity index (χ0) is 29.8. The molecule has 0 N–H and O–H groups in total. The van der Waals surface area contributed by atoms with Crippen LogP contribution in [0.4, 0.5) is 0 Å². The highest BCUT2D eigenvalue weighted by molar-refractivity contribution is 7.20. The van der Waals surface area contributed by atoms with Crippen LogP contribution in [0, 0.1) is 0 Å². The van der Waals surface area contributed by atoms with Gasteiger partial charge in [-0.15, -0.1) is 0 Å². The monoisotopic (exact) mass is 589 g/mol. The van der Waals surface area contributed by atoms with Crippen LogP contribution in [0.3, 0.4) is 0 Å². The Labute approximate surface area is 264 Å². The molecule has 1 aromatic heterocycles. The summed E-state index contributed by atoms with van der Waals surface area (Å²) in [5.74, 6) is 0. The SMILES string of the molecule is c1ccc(-n2c3ccc([Si](c4ccccc4)(c4ccccc4)c4ccccc4)cc3c3ccc4c(c32)Cc2ccccc2-4)cc1. The van der Waals surface area contributed by atoms with Crippen LogP contribution >= 0.6 is 0 Å². The normalized spacial score (nSPS) is 12.4. The van der Waals surface area contributed by atoms with Crippen molar-refractivity contribution in [2.75, 3.05) is 0 Å². The van der Waals surface area contributed by atoms with Crippen LogP contribution in [-0.4, -0.2) is 12.6 Å².